The second-order valence-electron chi connectivity index (χ2n) is 6.48. The van der Waals surface area contributed by atoms with Gasteiger partial charge in [-0.25, -0.2) is 0 Å². The van der Waals surface area contributed by atoms with E-state index in [1.165, 1.54) is 0 Å². The second-order valence-corrected chi connectivity index (χ2v) is 6.48. The highest BCUT2D eigenvalue weighted by Crippen LogP contribution is 2.07. The SMILES string of the molecule is C=NN(/C=C/NC(NC)NC=NCCC)CCN1CCN(C(O)CC)CC1. The van der Waals surface area contributed by atoms with Gasteiger partial charge in [-0.15, -0.1) is 0 Å². The van der Waals surface area contributed by atoms with Crippen molar-refractivity contribution in [2.45, 2.75) is 39.2 Å². The largest absolute Gasteiger partial charge is 0.378 e. The fourth-order valence-electron chi connectivity index (χ4n) is 2.74. The van der Waals surface area contributed by atoms with Crippen LogP contribution >= 0.6 is 0 Å². The Balaban J connectivity index is 2.29. The van der Waals surface area contributed by atoms with Gasteiger partial charge in [0, 0.05) is 58.4 Å². The predicted molar refractivity (Wildman–Crippen MR) is 112 cm³/mol. The molecule has 2 unspecified atom stereocenters. The van der Waals surface area contributed by atoms with Crippen molar-refractivity contribution in [3.63, 3.8) is 0 Å². The van der Waals surface area contributed by atoms with Crippen LogP contribution in [-0.2, 0) is 0 Å². The van der Waals surface area contributed by atoms with E-state index >= 15 is 0 Å². The lowest BCUT2D eigenvalue weighted by molar-refractivity contribution is -0.0273. The van der Waals surface area contributed by atoms with Crippen molar-refractivity contribution in [1.29, 1.82) is 0 Å². The molecular weight excluding hydrogens is 344 g/mol. The molecule has 27 heavy (non-hydrogen) atoms. The van der Waals surface area contributed by atoms with E-state index in [-0.39, 0.29) is 12.5 Å². The van der Waals surface area contributed by atoms with Crippen molar-refractivity contribution in [3.05, 3.63) is 12.4 Å². The van der Waals surface area contributed by atoms with Gasteiger partial charge in [-0.2, -0.15) is 5.10 Å². The highest BCUT2D eigenvalue weighted by Gasteiger charge is 2.20. The average Bonchev–Trinajstić information content (AvgIpc) is 2.71. The van der Waals surface area contributed by atoms with Crippen LogP contribution in [0.1, 0.15) is 26.7 Å². The quantitative estimate of drug-likeness (QED) is 0.144. The first-order valence-corrected chi connectivity index (χ1v) is 9.86. The molecule has 0 radical (unpaired) electrons. The summed E-state index contributed by atoms with van der Waals surface area (Å²) in [5, 5.41) is 25.2. The van der Waals surface area contributed by atoms with E-state index in [1.807, 2.05) is 31.4 Å². The zero-order chi connectivity index (χ0) is 19.9. The normalized spacial score (nSPS) is 18.7. The van der Waals surface area contributed by atoms with Crippen LogP contribution in [0.3, 0.4) is 0 Å². The van der Waals surface area contributed by atoms with Gasteiger partial charge < -0.3 is 15.7 Å². The smallest absolute Gasteiger partial charge is 0.153 e. The molecule has 1 heterocycles. The Morgan fingerprint density at radius 1 is 1.22 bits per heavy atom. The van der Waals surface area contributed by atoms with Crippen molar-refractivity contribution in [2.75, 3.05) is 52.9 Å². The van der Waals surface area contributed by atoms with Gasteiger partial charge in [0.2, 0.25) is 0 Å². The lowest BCUT2D eigenvalue weighted by atomic mass is 10.2. The van der Waals surface area contributed by atoms with Crippen LogP contribution in [0.25, 0.3) is 0 Å². The molecule has 2 atom stereocenters. The Bertz CT molecular complexity index is 437. The zero-order valence-corrected chi connectivity index (χ0v) is 17.1. The Morgan fingerprint density at radius 2 is 1.96 bits per heavy atom. The predicted octanol–water partition coefficient (Wildman–Crippen LogP) is -0.158. The first-order valence-electron chi connectivity index (χ1n) is 9.86. The zero-order valence-electron chi connectivity index (χ0n) is 17.1. The van der Waals surface area contributed by atoms with E-state index in [2.05, 4.69) is 49.5 Å². The highest BCUT2D eigenvalue weighted by atomic mass is 16.3. The van der Waals surface area contributed by atoms with E-state index < -0.39 is 0 Å². The van der Waals surface area contributed by atoms with Crippen LogP contribution in [0.2, 0.25) is 0 Å². The number of hydrogen-bond acceptors (Lipinski definition) is 8. The van der Waals surface area contributed by atoms with Crippen molar-refractivity contribution in [1.82, 2.24) is 30.8 Å². The molecule has 4 N–H and O–H groups in total. The molecule has 0 aliphatic carbocycles. The molecule has 9 nitrogen and oxygen atoms in total. The fourth-order valence-corrected chi connectivity index (χ4v) is 2.74. The Morgan fingerprint density at radius 3 is 2.56 bits per heavy atom. The number of aliphatic hydroxyl groups is 1. The maximum absolute atomic E-state index is 9.91. The Hall–Kier alpha value is -1.68. The van der Waals surface area contributed by atoms with Crippen molar-refractivity contribution in [3.8, 4) is 0 Å². The topological polar surface area (TPSA) is 90.8 Å². The average molecular weight is 383 g/mol. The second kappa shape index (κ2) is 14.4. The fraction of sp³-hybridized carbons (Fsp3) is 0.778. The summed E-state index contributed by atoms with van der Waals surface area (Å²) in [4.78, 5) is 8.76. The van der Waals surface area contributed by atoms with E-state index in [4.69, 9.17) is 0 Å². The lowest BCUT2D eigenvalue weighted by Gasteiger charge is -2.37. The number of hydrazone groups is 1. The molecule has 0 aromatic rings. The van der Waals surface area contributed by atoms with E-state index in [9.17, 15) is 5.11 Å². The highest BCUT2D eigenvalue weighted by molar-refractivity contribution is 5.54. The molecule has 1 saturated heterocycles. The minimum absolute atomic E-state index is 0.105. The first-order chi connectivity index (χ1) is 13.1. The number of piperazine rings is 1. The summed E-state index contributed by atoms with van der Waals surface area (Å²) in [6.45, 7) is 14.0. The third-order valence-corrected chi connectivity index (χ3v) is 4.50. The van der Waals surface area contributed by atoms with Gasteiger partial charge in [0.05, 0.1) is 12.9 Å². The molecule has 1 aliphatic heterocycles. The van der Waals surface area contributed by atoms with Gasteiger partial charge in [0.25, 0.3) is 0 Å². The van der Waals surface area contributed by atoms with Crippen molar-refractivity contribution in [2.24, 2.45) is 10.1 Å². The minimum atomic E-state index is -0.312. The summed E-state index contributed by atoms with van der Waals surface area (Å²) in [7, 11) is 1.87. The molecule has 156 valence electrons. The van der Waals surface area contributed by atoms with Gasteiger partial charge in [0.15, 0.2) is 6.29 Å². The summed E-state index contributed by atoms with van der Waals surface area (Å²) in [5.74, 6) is 0. The third kappa shape index (κ3) is 9.71. The molecular formula is C18H38N8O. The van der Waals surface area contributed by atoms with Crippen LogP contribution < -0.4 is 16.0 Å². The van der Waals surface area contributed by atoms with Crippen LogP contribution in [0.4, 0.5) is 0 Å². The summed E-state index contributed by atoms with van der Waals surface area (Å²) >= 11 is 0. The number of rotatable bonds is 14. The van der Waals surface area contributed by atoms with Crippen LogP contribution in [0.15, 0.2) is 22.5 Å². The molecule has 0 bridgehead atoms. The molecule has 0 aromatic heterocycles. The molecule has 9 heteroatoms. The number of hydrogen-bond donors (Lipinski definition) is 4. The summed E-state index contributed by atoms with van der Waals surface area (Å²) in [6.07, 6.45) is 6.82. The number of aliphatic hydroxyl groups excluding tert-OH is 1. The van der Waals surface area contributed by atoms with E-state index in [0.717, 1.165) is 58.7 Å². The maximum Gasteiger partial charge on any atom is 0.153 e. The van der Waals surface area contributed by atoms with E-state index in [1.54, 1.807) is 6.34 Å². The lowest BCUT2D eigenvalue weighted by Crippen LogP contribution is -2.51. The van der Waals surface area contributed by atoms with E-state index in [0.29, 0.717) is 0 Å². The molecule has 1 fully saturated rings. The number of nitrogens with one attached hydrogen (secondary N) is 3. The van der Waals surface area contributed by atoms with Crippen LogP contribution in [0.5, 0.6) is 0 Å². The monoisotopic (exact) mass is 382 g/mol. The molecule has 0 spiro atoms. The number of nitrogens with zero attached hydrogens (tertiary/aromatic N) is 5. The van der Waals surface area contributed by atoms with Crippen molar-refractivity contribution >= 4 is 13.1 Å². The number of aliphatic imine (C=N–C) groups is 1. The molecule has 1 aliphatic rings. The minimum Gasteiger partial charge on any atom is -0.378 e. The third-order valence-electron chi connectivity index (χ3n) is 4.50. The summed E-state index contributed by atoms with van der Waals surface area (Å²) in [6, 6.07) is 0. The standard InChI is InChI=1S/C18H38N8O/c1-5-7-21-16-23-18(19-3)22-8-9-26(20-4)15-12-24-10-13-25(14-11-24)17(27)6-2/h8-9,16-19,22,27H,4-7,10-15H2,1-3H3,(H,21,23)/b9-8+. The first kappa shape index (κ1) is 23.4. The molecule has 0 aromatic carbocycles. The molecule has 0 amide bonds. The van der Waals surface area contributed by atoms with Gasteiger partial charge in [-0.1, -0.05) is 13.8 Å². The van der Waals surface area contributed by atoms with Gasteiger partial charge in [-0.05, 0) is 19.9 Å². The maximum atomic E-state index is 9.91. The van der Waals surface area contributed by atoms with Gasteiger partial charge >= 0.3 is 0 Å². The summed E-state index contributed by atoms with van der Waals surface area (Å²) < 4.78 is 0. The van der Waals surface area contributed by atoms with Crippen LogP contribution in [-0.4, -0.2) is 98.3 Å². The summed E-state index contributed by atoms with van der Waals surface area (Å²) in [5.41, 5.74) is 0. The Kier molecular flexibility index (Phi) is 12.4. The van der Waals surface area contributed by atoms with Gasteiger partial charge in [0.1, 0.15) is 6.23 Å². The Labute approximate surface area is 164 Å². The van der Waals surface area contributed by atoms with Crippen molar-refractivity contribution < 1.29 is 5.11 Å². The molecule has 1 rings (SSSR count). The van der Waals surface area contributed by atoms with Crippen LogP contribution in [0, 0.1) is 0 Å². The molecule has 0 saturated carbocycles. The van der Waals surface area contributed by atoms with Gasteiger partial charge in [-0.3, -0.25) is 25.1 Å².